The van der Waals surface area contributed by atoms with Gasteiger partial charge >= 0.3 is 0 Å². The average molecular weight is 615 g/mol. The van der Waals surface area contributed by atoms with Crippen LogP contribution >= 0.6 is 0 Å². The first-order valence-corrected chi connectivity index (χ1v) is 16.3. The summed E-state index contributed by atoms with van der Waals surface area (Å²) in [6.07, 6.45) is 8.36. The lowest BCUT2D eigenvalue weighted by molar-refractivity contribution is -0.393. The fourth-order valence-electron chi connectivity index (χ4n) is 8.52. The van der Waals surface area contributed by atoms with Crippen LogP contribution in [0.5, 0.6) is 0 Å². The first-order valence-electron chi connectivity index (χ1n) is 16.3. The van der Waals surface area contributed by atoms with Gasteiger partial charge in [0.1, 0.15) is 5.82 Å². The molecule has 1 aromatic rings. The second-order valence-corrected chi connectivity index (χ2v) is 14.8. The van der Waals surface area contributed by atoms with E-state index in [9.17, 15) is 18.8 Å². The minimum Gasteiger partial charge on any atom is -0.356 e. The van der Waals surface area contributed by atoms with Crippen LogP contribution in [-0.4, -0.2) is 54.5 Å². The van der Waals surface area contributed by atoms with E-state index < -0.39 is 22.5 Å². The monoisotopic (exact) mass is 614 g/mol. The van der Waals surface area contributed by atoms with Crippen molar-refractivity contribution >= 4 is 17.7 Å². The van der Waals surface area contributed by atoms with Crippen LogP contribution in [-0.2, 0) is 24.1 Å². The number of halogens is 1. The third-order valence-corrected chi connectivity index (χ3v) is 10.6. The van der Waals surface area contributed by atoms with E-state index in [-0.39, 0.29) is 41.3 Å². The van der Waals surface area contributed by atoms with Crippen molar-refractivity contribution in [2.24, 2.45) is 34.8 Å². The van der Waals surface area contributed by atoms with Gasteiger partial charge in [-0.3, -0.25) is 14.4 Å². The Bertz CT molecular complexity index is 1230. The number of carbonyl (C=O) groups excluding carboxylic acids is 3. The van der Waals surface area contributed by atoms with E-state index in [1.807, 2.05) is 13.8 Å². The Morgan fingerprint density at radius 1 is 0.955 bits per heavy atom. The van der Waals surface area contributed by atoms with Gasteiger partial charge in [0, 0.05) is 61.8 Å². The lowest BCUT2D eigenvalue weighted by Crippen LogP contribution is -2.65. The van der Waals surface area contributed by atoms with Gasteiger partial charge < -0.3 is 26.4 Å². The number of amides is 3. The molecule has 5 aliphatic carbocycles. The molecule has 10 nitrogen and oxygen atoms in total. The molecule has 44 heavy (non-hydrogen) atoms. The van der Waals surface area contributed by atoms with Crippen LogP contribution in [0.3, 0.4) is 0 Å². The fourth-order valence-corrected chi connectivity index (χ4v) is 8.52. The molecule has 3 unspecified atom stereocenters. The Balaban J connectivity index is 0.978. The van der Waals surface area contributed by atoms with Crippen LogP contribution < -0.4 is 21.7 Å². The van der Waals surface area contributed by atoms with E-state index in [1.54, 1.807) is 0 Å². The molecule has 5 saturated carbocycles. The van der Waals surface area contributed by atoms with Gasteiger partial charge in [0.2, 0.25) is 23.4 Å². The molecule has 1 saturated heterocycles. The summed E-state index contributed by atoms with van der Waals surface area (Å²) in [4.78, 5) is 50.5. The predicted octanol–water partition coefficient (Wildman–Crippen LogP) is 3.69. The molecular formula is C33H47FN4O6. The number of nitrogens with two attached hydrogens (primary N) is 1. The predicted molar refractivity (Wildman–Crippen MR) is 159 cm³/mol. The summed E-state index contributed by atoms with van der Waals surface area (Å²) in [6, 6.07) is 5.43. The maximum atomic E-state index is 13.6. The van der Waals surface area contributed by atoms with Crippen molar-refractivity contribution in [2.45, 2.75) is 102 Å². The molecule has 1 aliphatic heterocycles. The highest BCUT2D eigenvalue weighted by Gasteiger charge is 2.71. The molecule has 4 bridgehead atoms. The van der Waals surface area contributed by atoms with Crippen molar-refractivity contribution in [1.82, 2.24) is 16.0 Å². The van der Waals surface area contributed by atoms with Crippen LogP contribution in [0.25, 0.3) is 0 Å². The number of nitrogens with one attached hydrogen (secondary N) is 3. The van der Waals surface area contributed by atoms with Gasteiger partial charge in [-0.05, 0) is 101 Å². The van der Waals surface area contributed by atoms with Gasteiger partial charge in [0.15, 0.2) is 0 Å². The number of hydrogen-bond donors (Lipinski definition) is 4. The van der Waals surface area contributed by atoms with Crippen molar-refractivity contribution < 1.29 is 33.3 Å². The number of benzene rings is 1. The van der Waals surface area contributed by atoms with Crippen LogP contribution in [0.1, 0.15) is 94.8 Å². The van der Waals surface area contributed by atoms with E-state index in [0.29, 0.717) is 69.6 Å². The van der Waals surface area contributed by atoms with Crippen LogP contribution in [0.2, 0.25) is 0 Å². The summed E-state index contributed by atoms with van der Waals surface area (Å²) >= 11 is 0. The third-order valence-electron chi connectivity index (χ3n) is 10.6. The van der Waals surface area contributed by atoms with E-state index in [2.05, 4.69) is 16.0 Å². The maximum absolute atomic E-state index is 13.6. The van der Waals surface area contributed by atoms with Gasteiger partial charge in [-0.1, -0.05) is 0 Å². The van der Waals surface area contributed by atoms with Crippen LogP contribution in [0.15, 0.2) is 24.3 Å². The van der Waals surface area contributed by atoms with Gasteiger partial charge in [-0.25, -0.2) is 4.39 Å². The van der Waals surface area contributed by atoms with Crippen LogP contribution in [0, 0.1) is 34.9 Å². The van der Waals surface area contributed by atoms with Crippen molar-refractivity contribution in [3.05, 3.63) is 35.6 Å². The maximum Gasteiger partial charge on any atom is 0.251 e. The number of carbonyl (C=O) groups is 3. The lowest BCUT2D eigenvalue weighted by Gasteiger charge is -2.61. The standard InChI is InChI=1S/C33H47FN4O6/c1-30(2,35)20-38-27(39)16-21-8-10-32(11-9-21)42-33(44-43-32)24-14-22-15-25(33)19-31(17-22,18-24)29(41)37-13-3-12-36-28(40)23-4-6-26(34)7-5-23/h4-7,21-22,24-25H,3,8-20,35H2,1-2H3,(H,36,40)(H,37,41)(H,38,39)/t21?,22?,24-,25+,31?,32?,33?. The molecule has 11 heteroatoms. The Morgan fingerprint density at radius 2 is 1.61 bits per heavy atom. The summed E-state index contributed by atoms with van der Waals surface area (Å²) in [5.74, 6) is -1.18. The summed E-state index contributed by atoms with van der Waals surface area (Å²) in [7, 11) is 0. The topological polar surface area (TPSA) is 141 Å². The van der Waals surface area contributed by atoms with Crippen molar-refractivity contribution in [3.63, 3.8) is 0 Å². The Hall–Kier alpha value is -2.60. The molecule has 3 amide bonds. The Labute approximate surface area is 258 Å². The summed E-state index contributed by atoms with van der Waals surface area (Å²) in [5, 5.41) is 8.91. The molecule has 242 valence electrons. The van der Waals surface area contributed by atoms with E-state index in [0.717, 1.165) is 32.1 Å². The van der Waals surface area contributed by atoms with Crippen molar-refractivity contribution in [3.8, 4) is 0 Å². The normalized spacial score (nSPS) is 35.6. The van der Waals surface area contributed by atoms with Gasteiger partial charge in [0.25, 0.3) is 5.91 Å². The third kappa shape index (κ3) is 6.38. The second kappa shape index (κ2) is 12.0. The van der Waals surface area contributed by atoms with Gasteiger partial charge in [0.05, 0.1) is 5.41 Å². The highest BCUT2D eigenvalue weighted by molar-refractivity contribution is 5.94. The molecule has 2 spiro atoms. The smallest absolute Gasteiger partial charge is 0.251 e. The summed E-state index contributed by atoms with van der Waals surface area (Å²) < 4.78 is 20.0. The molecule has 6 fully saturated rings. The summed E-state index contributed by atoms with van der Waals surface area (Å²) in [5.41, 5.74) is 5.54. The first kappa shape index (κ1) is 31.4. The molecule has 6 aliphatic rings. The zero-order valence-corrected chi connectivity index (χ0v) is 25.9. The Kier molecular flexibility index (Phi) is 8.53. The number of rotatable bonds is 10. The zero-order valence-electron chi connectivity index (χ0n) is 25.9. The quantitative estimate of drug-likeness (QED) is 0.233. The Morgan fingerprint density at radius 3 is 2.27 bits per heavy atom. The highest BCUT2D eigenvalue weighted by Crippen LogP contribution is 2.67. The molecule has 7 rings (SSSR count). The van der Waals surface area contributed by atoms with E-state index >= 15 is 0 Å². The van der Waals surface area contributed by atoms with Gasteiger partial charge in [-0.2, -0.15) is 9.78 Å². The van der Waals surface area contributed by atoms with Crippen molar-refractivity contribution in [1.29, 1.82) is 0 Å². The molecule has 5 N–H and O–H groups in total. The zero-order chi connectivity index (χ0) is 31.2. The molecule has 1 aromatic carbocycles. The van der Waals surface area contributed by atoms with Crippen LogP contribution in [0.4, 0.5) is 4.39 Å². The number of hydrogen-bond acceptors (Lipinski definition) is 7. The highest BCUT2D eigenvalue weighted by atomic mass is 19.1. The fraction of sp³-hybridized carbons (Fsp3) is 0.727. The van der Waals surface area contributed by atoms with E-state index in [4.69, 9.17) is 20.2 Å². The average Bonchev–Trinajstić information content (AvgIpc) is 3.35. The first-order chi connectivity index (χ1) is 20.9. The van der Waals surface area contributed by atoms with E-state index in [1.165, 1.54) is 24.3 Å². The summed E-state index contributed by atoms with van der Waals surface area (Å²) in [6.45, 7) is 5.12. The second-order valence-electron chi connectivity index (χ2n) is 14.8. The molecule has 0 radical (unpaired) electrons. The molecule has 1 heterocycles. The molecule has 0 aromatic heterocycles. The largest absolute Gasteiger partial charge is 0.356 e. The lowest BCUT2D eigenvalue weighted by atomic mass is 9.47. The minimum absolute atomic E-state index is 0.0322. The van der Waals surface area contributed by atoms with Crippen molar-refractivity contribution in [2.75, 3.05) is 19.6 Å². The molecular weight excluding hydrogens is 567 g/mol. The number of ether oxygens (including phenoxy) is 1. The molecule has 5 atom stereocenters. The SMILES string of the molecule is CC(C)(N)CNC(=O)CC1CCC2(CC1)OOC1(O2)[C@@H]2CC3C[C@H]1CC(C(=O)NCCCNC(=O)c1ccc(F)cc1)(C3)C2. The minimum atomic E-state index is -0.803. The van der Waals surface area contributed by atoms with Gasteiger partial charge in [-0.15, -0.1) is 0 Å².